The number of carbonyl (C=O) groups is 2. The molecule has 0 aromatic heterocycles. The second-order valence-electron chi connectivity index (χ2n) is 3.95. The lowest BCUT2D eigenvalue weighted by atomic mass is 10.1. The molecule has 0 bridgehead atoms. The normalized spacial score (nSPS) is 14.5. The molecule has 1 saturated heterocycles. The van der Waals surface area contributed by atoms with Crippen LogP contribution in [-0.2, 0) is 16.0 Å². The molecule has 0 atom stereocenters. The van der Waals surface area contributed by atoms with Crippen LogP contribution in [-0.4, -0.2) is 37.2 Å². The number of methoxy groups -OCH3 is 1. The van der Waals surface area contributed by atoms with E-state index in [1.807, 2.05) is 0 Å². The van der Waals surface area contributed by atoms with E-state index >= 15 is 0 Å². The first kappa shape index (κ1) is 12.2. The van der Waals surface area contributed by atoms with Crippen LogP contribution in [0, 0.1) is 0 Å². The van der Waals surface area contributed by atoms with E-state index in [9.17, 15) is 9.59 Å². The van der Waals surface area contributed by atoms with Crippen molar-refractivity contribution in [2.45, 2.75) is 6.54 Å². The smallest absolute Gasteiger partial charge is 0.410 e. The fourth-order valence-corrected chi connectivity index (χ4v) is 1.78. The number of hydrogen-bond acceptors (Lipinski definition) is 5. The van der Waals surface area contributed by atoms with Crippen LogP contribution in [0.25, 0.3) is 0 Å². The van der Waals surface area contributed by atoms with Crippen molar-refractivity contribution in [1.82, 2.24) is 4.90 Å². The van der Waals surface area contributed by atoms with Gasteiger partial charge in [0.05, 0.1) is 19.2 Å². The van der Waals surface area contributed by atoms with E-state index in [-0.39, 0.29) is 6.09 Å². The molecule has 1 aromatic carbocycles. The summed E-state index contributed by atoms with van der Waals surface area (Å²) < 4.78 is 9.47. The largest absolute Gasteiger partial charge is 0.465 e. The molecular formula is C12H14N2O4. The highest BCUT2D eigenvalue weighted by Crippen LogP contribution is 2.18. The van der Waals surface area contributed by atoms with Gasteiger partial charge in [0, 0.05) is 12.2 Å². The van der Waals surface area contributed by atoms with Crippen LogP contribution in [0.2, 0.25) is 0 Å². The number of esters is 1. The zero-order chi connectivity index (χ0) is 13.1. The minimum absolute atomic E-state index is 0.308. The SMILES string of the molecule is COC(=O)c1cc(CN2CCOC2=O)ccc1N. The predicted octanol–water partition coefficient (Wildman–Crippen LogP) is 1.01. The molecule has 2 N–H and O–H groups in total. The van der Waals surface area contributed by atoms with Gasteiger partial charge in [-0.1, -0.05) is 6.07 Å². The standard InChI is InChI=1S/C12H14N2O4/c1-17-11(15)9-6-8(2-3-10(9)13)7-14-4-5-18-12(14)16/h2-3,6H,4-5,7,13H2,1H3. The molecule has 96 valence electrons. The second-order valence-corrected chi connectivity index (χ2v) is 3.95. The molecule has 2 rings (SSSR count). The van der Waals surface area contributed by atoms with Gasteiger partial charge in [0.25, 0.3) is 0 Å². The maximum Gasteiger partial charge on any atom is 0.410 e. The van der Waals surface area contributed by atoms with E-state index in [4.69, 9.17) is 10.5 Å². The Morgan fingerprint density at radius 3 is 2.94 bits per heavy atom. The zero-order valence-electron chi connectivity index (χ0n) is 10.0. The summed E-state index contributed by atoms with van der Waals surface area (Å²) in [6.07, 6.45) is -0.341. The molecule has 0 spiro atoms. The van der Waals surface area contributed by atoms with Gasteiger partial charge in [-0.25, -0.2) is 9.59 Å². The van der Waals surface area contributed by atoms with Crippen molar-refractivity contribution < 1.29 is 19.1 Å². The molecular weight excluding hydrogens is 236 g/mol. The highest BCUT2D eigenvalue weighted by molar-refractivity contribution is 5.95. The maximum absolute atomic E-state index is 11.5. The summed E-state index contributed by atoms with van der Waals surface area (Å²) in [5, 5.41) is 0. The van der Waals surface area contributed by atoms with Crippen LogP contribution in [0.4, 0.5) is 10.5 Å². The Kier molecular flexibility index (Phi) is 3.36. The molecule has 6 nitrogen and oxygen atoms in total. The summed E-state index contributed by atoms with van der Waals surface area (Å²) in [7, 11) is 1.30. The summed E-state index contributed by atoms with van der Waals surface area (Å²) in [5.74, 6) is -0.488. The van der Waals surface area contributed by atoms with Gasteiger partial charge in [0.1, 0.15) is 6.61 Å². The molecule has 18 heavy (non-hydrogen) atoms. The number of anilines is 1. The van der Waals surface area contributed by atoms with Crippen molar-refractivity contribution in [2.75, 3.05) is 26.0 Å². The second kappa shape index (κ2) is 4.95. The van der Waals surface area contributed by atoms with Gasteiger partial charge in [-0.05, 0) is 17.7 Å². The average molecular weight is 250 g/mol. The van der Waals surface area contributed by atoms with Gasteiger partial charge in [0.15, 0.2) is 0 Å². The molecule has 6 heteroatoms. The molecule has 0 saturated carbocycles. The Balaban J connectivity index is 2.19. The molecule has 1 heterocycles. The molecule has 1 aliphatic heterocycles. The van der Waals surface area contributed by atoms with Gasteiger partial charge in [0.2, 0.25) is 0 Å². The van der Waals surface area contributed by atoms with E-state index < -0.39 is 5.97 Å². The first-order valence-corrected chi connectivity index (χ1v) is 5.50. The maximum atomic E-state index is 11.5. The van der Waals surface area contributed by atoms with Crippen LogP contribution in [0.1, 0.15) is 15.9 Å². The van der Waals surface area contributed by atoms with E-state index in [2.05, 4.69) is 4.74 Å². The number of nitrogens with zero attached hydrogens (tertiary/aromatic N) is 1. The number of amides is 1. The number of nitrogens with two attached hydrogens (primary N) is 1. The first-order chi connectivity index (χ1) is 8.61. The first-order valence-electron chi connectivity index (χ1n) is 5.50. The zero-order valence-corrected chi connectivity index (χ0v) is 10.0. The molecule has 0 unspecified atom stereocenters. The van der Waals surface area contributed by atoms with Gasteiger partial charge in [-0.15, -0.1) is 0 Å². The number of rotatable bonds is 3. The minimum atomic E-state index is -0.488. The van der Waals surface area contributed by atoms with Crippen molar-refractivity contribution in [1.29, 1.82) is 0 Å². The van der Waals surface area contributed by atoms with Crippen LogP contribution < -0.4 is 5.73 Å². The Morgan fingerprint density at radius 2 is 2.33 bits per heavy atom. The summed E-state index contributed by atoms with van der Waals surface area (Å²) in [4.78, 5) is 24.4. The lowest BCUT2D eigenvalue weighted by molar-refractivity contribution is 0.0602. The summed E-state index contributed by atoms with van der Waals surface area (Å²) >= 11 is 0. The molecule has 0 aliphatic carbocycles. The summed E-state index contributed by atoms with van der Waals surface area (Å²) in [5.41, 5.74) is 7.17. The van der Waals surface area contributed by atoms with Crippen LogP contribution in [0.15, 0.2) is 18.2 Å². The minimum Gasteiger partial charge on any atom is -0.465 e. The Bertz CT molecular complexity index is 487. The van der Waals surface area contributed by atoms with Crippen molar-refractivity contribution in [3.05, 3.63) is 29.3 Å². The van der Waals surface area contributed by atoms with Gasteiger partial charge in [-0.3, -0.25) is 0 Å². The van der Waals surface area contributed by atoms with E-state index in [0.717, 1.165) is 5.56 Å². The predicted molar refractivity (Wildman–Crippen MR) is 64.0 cm³/mol. The van der Waals surface area contributed by atoms with Crippen LogP contribution in [0.3, 0.4) is 0 Å². The van der Waals surface area contributed by atoms with Gasteiger partial charge < -0.3 is 20.1 Å². The van der Waals surface area contributed by atoms with Crippen molar-refractivity contribution in [2.24, 2.45) is 0 Å². The quantitative estimate of drug-likeness (QED) is 0.639. The third kappa shape index (κ3) is 2.37. The third-order valence-electron chi connectivity index (χ3n) is 2.74. The molecule has 1 aromatic rings. The molecule has 0 radical (unpaired) electrons. The van der Waals surface area contributed by atoms with Crippen LogP contribution >= 0.6 is 0 Å². The number of ether oxygens (including phenoxy) is 2. The van der Waals surface area contributed by atoms with Gasteiger partial charge >= 0.3 is 12.1 Å². The van der Waals surface area contributed by atoms with Crippen molar-refractivity contribution in [3.8, 4) is 0 Å². The molecule has 1 aliphatic rings. The summed E-state index contributed by atoms with van der Waals surface area (Å²) in [6.45, 7) is 1.34. The van der Waals surface area contributed by atoms with Crippen molar-refractivity contribution >= 4 is 17.7 Å². The monoisotopic (exact) mass is 250 g/mol. The lowest BCUT2D eigenvalue weighted by Gasteiger charge is -2.13. The number of nitrogen functional groups attached to an aromatic ring is 1. The van der Waals surface area contributed by atoms with Gasteiger partial charge in [-0.2, -0.15) is 0 Å². The Morgan fingerprint density at radius 1 is 1.56 bits per heavy atom. The number of cyclic esters (lactones) is 1. The Hall–Kier alpha value is -2.24. The molecule has 1 fully saturated rings. The highest BCUT2D eigenvalue weighted by Gasteiger charge is 2.22. The van der Waals surface area contributed by atoms with Crippen LogP contribution in [0.5, 0.6) is 0 Å². The lowest BCUT2D eigenvalue weighted by Crippen LogP contribution is -2.23. The van der Waals surface area contributed by atoms with E-state index in [1.54, 1.807) is 23.1 Å². The fraction of sp³-hybridized carbons (Fsp3) is 0.333. The third-order valence-corrected chi connectivity index (χ3v) is 2.74. The average Bonchev–Trinajstić information content (AvgIpc) is 2.76. The fourth-order valence-electron chi connectivity index (χ4n) is 1.78. The Labute approximate surface area is 104 Å². The number of carbonyl (C=O) groups excluding carboxylic acids is 2. The molecule has 1 amide bonds. The van der Waals surface area contributed by atoms with E-state index in [0.29, 0.717) is 30.9 Å². The number of hydrogen-bond donors (Lipinski definition) is 1. The highest BCUT2D eigenvalue weighted by atomic mass is 16.6. The van der Waals surface area contributed by atoms with E-state index in [1.165, 1.54) is 7.11 Å². The number of benzene rings is 1. The topological polar surface area (TPSA) is 81.9 Å². The van der Waals surface area contributed by atoms with Crippen molar-refractivity contribution in [3.63, 3.8) is 0 Å². The summed E-state index contributed by atoms with van der Waals surface area (Å²) in [6, 6.07) is 5.03.